The van der Waals surface area contributed by atoms with Gasteiger partial charge in [0.2, 0.25) is 5.91 Å². The van der Waals surface area contributed by atoms with E-state index in [2.05, 4.69) is 15.6 Å². The average Bonchev–Trinajstić information content (AvgIpc) is 3.61. The van der Waals surface area contributed by atoms with Crippen molar-refractivity contribution in [2.45, 2.75) is 95.9 Å². The van der Waals surface area contributed by atoms with Gasteiger partial charge in [0.05, 0.1) is 12.9 Å². The van der Waals surface area contributed by atoms with Gasteiger partial charge < -0.3 is 20.1 Å². The van der Waals surface area contributed by atoms with Crippen LogP contribution in [0.15, 0.2) is 30.6 Å². The number of fused-ring (bicyclic) bond motifs is 1. The van der Waals surface area contributed by atoms with Crippen LogP contribution in [0, 0.1) is 6.92 Å². The van der Waals surface area contributed by atoms with Crippen LogP contribution in [0.4, 0.5) is 0 Å². The summed E-state index contributed by atoms with van der Waals surface area (Å²) in [4.78, 5) is 46.5. The van der Waals surface area contributed by atoms with Crippen LogP contribution >= 0.6 is 0 Å². The molecule has 3 aliphatic rings. The number of imidazole rings is 1. The predicted molar refractivity (Wildman–Crippen MR) is 132 cm³/mol. The second-order valence-corrected chi connectivity index (χ2v) is 10.6. The number of aryl methyl sites for hydroxylation is 1. The molecule has 2 fully saturated rings. The van der Waals surface area contributed by atoms with E-state index in [0.717, 1.165) is 49.7 Å². The van der Waals surface area contributed by atoms with E-state index >= 15 is 0 Å². The molecule has 1 aromatic carbocycles. The second-order valence-electron chi connectivity index (χ2n) is 10.6. The molecule has 8 nitrogen and oxygen atoms in total. The minimum absolute atomic E-state index is 0.0126. The maximum absolute atomic E-state index is 13.8. The Morgan fingerprint density at radius 3 is 2.54 bits per heavy atom. The van der Waals surface area contributed by atoms with Gasteiger partial charge in [0.25, 0.3) is 11.8 Å². The van der Waals surface area contributed by atoms with Crippen LogP contribution in [0.1, 0.15) is 90.4 Å². The van der Waals surface area contributed by atoms with Gasteiger partial charge in [-0.25, -0.2) is 4.98 Å². The first-order valence-corrected chi connectivity index (χ1v) is 12.9. The lowest BCUT2D eigenvalue weighted by atomic mass is 9.93. The molecule has 3 amide bonds. The number of hydrogen-bond donors (Lipinski definition) is 2. The topological polar surface area (TPSA) is 96.3 Å². The molecule has 0 spiro atoms. The minimum Gasteiger partial charge on any atom is -0.350 e. The summed E-state index contributed by atoms with van der Waals surface area (Å²) in [6.07, 6.45) is 9.80. The number of nitrogens with zero attached hydrogens (tertiary/aromatic N) is 3. The van der Waals surface area contributed by atoms with E-state index in [-0.39, 0.29) is 42.0 Å². The molecular weight excluding hydrogens is 442 g/mol. The van der Waals surface area contributed by atoms with Crippen molar-refractivity contribution >= 4 is 17.7 Å². The van der Waals surface area contributed by atoms with Crippen molar-refractivity contribution in [1.29, 1.82) is 0 Å². The third kappa shape index (κ3) is 4.70. The zero-order valence-electron chi connectivity index (χ0n) is 20.7. The molecule has 0 saturated heterocycles. The number of aromatic nitrogens is 2. The number of rotatable bonds is 6. The number of benzene rings is 1. The van der Waals surface area contributed by atoms with Crippen LogP contribution < -0.4 is 10.6 Å². The van der Waals surface area contributed by atoms with Gasteiger partial charge in [-0.1, -0.05) is 55.5 Å². The van der Waals surface area contributed by atoms with E-state index in [9.17, 15) is 14.4 Å². The van der Waals surface area contributed by atoms with Crippen LogP contribution in [0.3, 0.4) is 0 Å². The number of amides is 3. The van der Waals surface area contributed by atoms with E-state index in [1.54, 1.807) is 9.47 Å². The molecule has 35 heavy (non-hydrogen) atoms. The lowest BCUT2D eigenvalue weighted by Gasteiger charge is -2.44. The Hall–Kier alpha value is -3.16. The molecule has 1 aliphatic heterocycles. The molecule has 2 aromatic rings. The second kappa shape index (κ2) is 9.47. The van der Waals surface area contributed by atoms with Crippen molar-refractivity contribution in [1.82, 2.24) is 25.1 Å². The van der Waals surface area contributed by atoms with Gasteiger partial charge in [0, 0.05) is 18.6 Å². The first kappa shape index (κ1) is 23.6. The van der Waals surface area contributed by atoms with Crippen molar-refractivity contribution < 1.29 is 14.4 Å². The minimum atomic E-state index is -1.05. The van der Waals surface area contributed by atoms with E-state index in [0.29, 0.717) is 12.2 Å². The van der Waals surface area contributed by atoms with Gasteiger partial charge in [-0.3, -0.25) is 14.4 Å². The van der Waals surface area contributed by atoms with Gasteiger partial charge in [-0.05, 0) is 45.1 Å². The zero-order valence-corrected chi connectivity index (χ0v) is 20.7. The number of carbonyl (C=O) groups is 3. The molecule has 0 unspecified atom stereocenters. The van der Waals surface area contributed by atoms with Gasteiger partial charge in [-0.2, -0.15) is 0 Å². The normalized spacial score (nSPS) is 22.9. The molecule has 1 aromatic heterocycles. The first-order chi connectivity index (χ1) is 16.9. The van der Waals surface area contributed by atoms with Crippen molar-refractivity contribution in [3.05, 3.63) is 53.1 Å². The number of nitrogens with one attached hydrogen (secondary N) is 2. The molecule has 2 aliphatic carbocycles. The fraction of sp³-hybridized carbons (Fsp3) is 0.556. The summed E-state index contributed by atoms with van der Waals surface area (Å²) in [7, 11) is 0. The van der Waals surface area contributed by atoms with Gasteiger partial charge in [-0.15, -0.1) is 0 Å². The van der Waals surface area contributed by atoms with Crippen LogP contribution in [-0.4, -0.2) is 49.8 Å². The quantitative estimate of drug-likeness (QED) is 0.624. The molecule has 2 heterocycles. The summed E-state index contributed by atoms with van der Waals surface area (Å²) < 4.78 is 1.69. The van der Waals surface area contributed by atoms with Crippen molar-refractivity contribution in [2.75, 3.05) is 0 Å². The maximum atomic E-state index is 13.8. The molecular formula is C27H35N5O3. The molecule has 0 radical (unpaired) electrons. The number of hydrogen-bond acceptors (Lipinski definition) is 4. The molecule has 0 bridgehead atoms. The van der Waals surface area contributed by atoms with Crippen LogP contribution in [0.25, 0.3) is 0 Å². The van der Waals surface area contributed by atoms with E-state index in [1.165, 1.54) is 19.2 Å². The fourth-order valence-electron chi connectivity index (χ4n) is 5.59. The SMILES string of the molecule is Cc1cccc(CNC(=O)[C@@]2(C)Cn3cnc(C(=O)NC4CCCCCC4)c3C(=O)N2C2CC2)c1. The zero-order chi connectivity index (χ0) is 24.6. The summed E-state index contributed by atoms with van der Waals surface area (Å²) in [5.74, 6) is -0.763. The van der Waals surface area contributed by atoms with Gasteiger partial charge in [0.15, 0.2) is 5.69 Å². The molecule has 2 saturated carbocycles. The smallest absolute Gasteiger partial charge is 0.274 e. The van der Waals surface area contributed by atoms with Crippen LogP contribution in [0.5, 0.6) is 0 Å². The summed E-state index contributed by atoms with van der Waals surface area (Å²) in [6.45, 7) is 4.51. The highest BCUT2D eigenvalue weighted by atomic mass is 16.2. The third-order valence-electron chi connectivity index (χ3n) is 7.61. The molecule has 1 atom stereocenters. The largest absolute Gasteiger partial charge is 0.350 e. The standard InChI is InChI=1S/C27H35N5O3/c1-18-8-7-9-19(14-18)15-28-26(35)27(2)16-31-17-29-22(23(31)25(34)32(27)21-12-13-21)24(33)30-20-10-5-3-4-6-11-20/h7-9,14,17,20-21H,3-6,10-13,15-16H2,1-2H3,(H,28,35)(H,30,33)/t27-/m1/s1. The highest BCUT2D eigenvalue weighted by Gasteiger charge is 2.53. The summed E-state index contributed by atoms with van der Waals surface area (Å²) in [5.41, 5.74) is 1.57. The Labute approximate surface area is 206 Å². The third-order valence-corrected chi connectivity index (χ3v) is 7.61. The molecule has 5 rings (SSSR count). The van der Waals surface area contributed by atoms with E-state index in [4.69, 9.17) is 0 Å². The Morgan fingerprint density at radius 2 is 1.86 bits per heavy atom. The summed E-state index contributed by atoms with van der Waals surface area (Å²) >= 11 is 0. The summed E-state index contributed by atoms with van der Waals surface area (Å²) in [6, 6.07) is 8.15. The first-order valence-electron chi connectivity index (χ1n) is 12.9. The monoisotopic (exact) mass is 477 g/mol. The van der Waals surface area contributed by atoms with E-state index in [1.807, 2.05) is 38.1 Å². The maximum Gasteiger partial charge on any atom is 0.274 e. The average molecular weight is 478 g/mol. The lowest BCUT2D eigenvalue weighted by Crippen LogP contribution is -2.64. The molecule has 8 heteroatoms. The molecule has 186 valence electrons. The Kier molecular flexibility index (Phi) is 6.38. The van der Waals surface area contributed by atoms with Crippen molar-refractivity contribution in [3.63, 3.8) is 0 Å². The Bertz CT molecular complexity index is 1130. The van der Waals surface area contributed by atoms with Gasteiger partial charge >= 0.3 is 0 Å². The van der Waals surface area contributed by atoms with Gasteiger partial charge in [0.1, 0.15) is 11.2 Å². The highest BCUT2D eigenvalue weighted by molar-refractivity contribution is 6.07. The Morgan fingerprint density at radius 1 is 1.11 bits per heavy atom. The predicted octanol–water partition coefficient (Wildman–Crippen LogP) is 3.34. The lowest BCUT2D eigenvalue weighted by molar-refractivity contribution is -0.133. The van der Waals surface area contributed by atoms with Crippen molar-refractivity contribution in [3.8, 4) is 0 Å². The summed E-state index contributed by atoms with van der Waals surface area (Å²) in [5, 5.41) is 6.16. The van der Waals surface area contributed by atoms with Crippen molar-refractivity contribution in [2.24, 2.45) is 0 Å². The Balaban J connectivity index is 1.36. The molecule has 2 N–H and O–H groups in total. The highest BCUT2D eigenvalue weighted by Crippen LogP contribution is 2.39. The fourth-order valence-corrected chi connectivity index (χ4v) is 5.59. The van der Waals surface area contributed by atoms with E-state index < -0.39 is 5.54 Å². The van der Waals surface area contributed by atoms with Crippen LogP contribution in [-0.2, 0) is 17.9 Å². The number of carbonyl (C=O) groups excluding carboxylic acids is 3. The van der Waals surface area contributed by atoms with Crippen LogP contribution in [0.2, 0.25) is 0 Å².